The quantitative estimate of drug-likeness (QED) is 0.755. The summed E-state index contributed by atoms with van der Waals surface area (Å²) in [5.41, 5.74) is 2.34. The van der Waals surface area contributed by atoms with Gasteiger partial charge in [0.15, 0.2) is 0 Å². The second kappa shape index (κ2) is 5.02. The van der Waals surface area contributed by atoms with Crippen molar-refractivity contribution in [3.05, 3.63) is 51.4 Å². The molecule has 2 aromatic carbocycles. The largest absolute Gasteiger partial charge is 0.494 e. The van der Waals surface area contributed by atoms with Gasteiger partial charge < -0.3 is 4.74 Å². The molecule has 0 N–H and O–H groups in total. The van der Waals surface area contributed by atoms with Gasteiger partial charge in [0, 0.05) is 0 Å². The molecule has 0 atom stereocenters. The normalized spacial score (nSPS) is 10.2. The van der Waals surface area contributed by atoms with Gasteiger partial charge >= 0.3 is 0 Å². The Bertz CT molecular complexity index is 472. The van der Waals surface area contributed by atoms with Gasteiger partial charge in [-0.05, 0) is 55.1 Å². The summed E-state index contributed by atoms with van der Waals surface area (Å²) in [4.78, 5) is 0. The monoisotopic (exact) mass is 340 g/mol. The van der Waals surface area contributed by atoms with E-state index < -0.39 is 0 Å². The summed E-state index contributed by atoms with van der Waals surface area (Å²) in [6, 6.07) is 14.3. The molecule has 0 fully saturated rings. The molecule has 1 nitrogen and oxygen atoms in total. The minimum absolute atomic E-state index is 0.819. The highest BCUT2D eigenvalue weighted by Gasteiger charge is 2.08. The van der Waals surface area contributed by atoms with Crippen molar-refractivity contribution in [2.24, 2.45) is 0 Å². The lowest BCUT2D eigenvalue weighted by atomic mass is 10.1. The van der Waals surface area contributed by atoms with Gasteiger partial charge in [0.05, 0.1) is 16.1 Å². The maximum Gasteiger partial charge on any atom is 0.147 e. The molecule has 0 aromatic heterocycles. The SMILES string of the molecule is COc1c(Br)cc(-c2ccccc2)cc1Br. The Hall–Kier alpha value is -0.800. The lowest BCUT2D eigenvalue weighted by molar-refractivity contribution is 0.409. The molecule has 0 aliphatic rings. The number of methoxy groups -OCH3 is 1. The Morgan fingerprint density at radius 2 is 1.44 bits per heavy atom. The van der Waals surface area contributed by atoms with Gasteiger partial charge in [-0.3, -0.25) is 0 Å². The summed E-state index contributed by atoms with van der Waals surface area (Å²) < 4.78 is 7.17. The molecule has 0 unspecified atom stereocenters. The molecule has 16 heavy (non-hydrogen) atoms. The van der Waals surface area contributed by atoms with Crippen molar-refractivity contribution in [3.8, 4) is 16.9 Å². The molecular formula is C13H10Br2O. The number of benzene rings is 2. The van der Waals surface area contributed by atoms with E-state index in [1.165, 1.54) is 5.56 Å². The Labute approximate surface area is 112 Å². The van der Waals surface area contributed by atoms with Crippen LogP contribution in [0.15, 0.2) is 51.4 Å². The predicted octanol–water partition coefficient (Wildman–Crippen LogP) is 4.89. The zero-order valence-corrected chi connectivity index (χ0v) is 11.9. The average Bonchev–Trinajstić information content (AvgIpc) is 2.30. The highest BCUT2D eigenvalue weighted by molar-refractivity contribution is 9.11. The second-order valence-corrected chi connectivity index (χ2v) is 5.05. The lowest BCUT2D eigenvalue weighted by Gasteiger charge is -2.09. The van der Waals surface area contributed by atoms with Crippen molar-refractivity contribution in [3.63, 3.8) is 0 Å². The summed E-state index contributed by atoms with van der Waals surface area (Å²) >= 11 is 7.00. The fraction of sp³-hybridized carbons (Fsp3) is 0.0769. The minimum Gasteiger partial charge on any atom is -0.494 e. The van der Waals surface area contributed by atoms with Gasteiger partial charge in [0.25, 0.3) is 0 Å². The zero-order valence-electron chi connectivity index (χ0n) is 8.71. The second-order valence-electron chi connectivity index (χ2n) is 3.34. The van der Waals surface area contributed by atoms with Crippen LogP contribution in [0.1, 0.15) is 0 Å². The van der Waals surface area contributed by atoms with Crippen molar-refractivity contribution < 1.29 is 4.74 Å². The number of ether oxygens (including phenoxy) is 1. The first kappa shape index (κ1) is 11.7. The van der Waals surface area contributed by atoms with Crippen LogP contribution < -0.4 is 4.74 Å². The molecular weight excluding hydrogens is 332 g/mol. The molecule has 0 aliphatic heterocycles. The van der Waals surface area contributed by atoms with Crippen molar-refractivity contribution in [2.45, 2.75) is 0 Å². The van der Waals surface area contributed by atoms with E-state index in [-0.39, 0.29) is 0 Å². The minimum atomic E-state index is 0.819. The smallest absolute Gasteiger partial charge is 0.147 e. The number of hydrogen-bond donors (Lipinski definition) is 0. The van der Waals surface area contributed by atoms with E-state index in [4.69, 9.17) is 4.74 Å². The van der Waals surface area contributed by atoms with Crippen LogP contribution in [0.5, 0.6) is 5.75 Å². The van der Waals surface area contributed by atoms with Gasteiger partial charge in [-0.1, -0.05) is 30.3 Å². The van der Waals surface area contributed by atoms with Crippen LogP contribution in [0.25, 0.3) is 11.1 Å². The first-order valence-corrected chi connectivity index (χ1v) is 6.39. The summed E-state index contributed by atoms with van der Waals surface area (Å²) in [5.74, 6) is 0.819. The van der Waals surface area contributed by atoms with Crippen LogP contribution in [0, 0.1) is 0 Å². The number of halogens is 2. The first-order valence-electron chi connectivity index (χ1n) is 4.81. The van der Waals surface area contributed by atoms with E-state index >= 15 is 0 Å². The van der Waals surface area contributed by atoms with Gasteiger partial charge in [0.1, 0.15) is 5.75 Å². The first-order chi connectivity index (χ1) is 7.72. The number of hydrogen-bond acceptors (Lipinski definition) is 1. The van der Waals surface area contributed by atoms with E-state index in [9.17, 15) is 0 Å². The standard InChI is InChI=1S/C13H10Br2O/c1-16-13-11(14)7-10(8-12(13)15)9-5-3-2-4-6-9/h2-8H,1H3. The molecule has 0 bridgehead atoms. The molecule has 0 saturated heterocycles. The van der Waals surface area contributed by atoms with E-state index in [0.717, 1.165) is 20.3 Å². The maximum atomic E-state index is 5.27. The van der Waals surface area contributed by atoms with Gasteiger partial charge in [-0.2, -0.15) is 0 Å². The van der Waals surface area contributed by atoms with Gasteiger partial charge in [-0.15, -0.1) is 0 Å². The zero-order chi connectivity index (χ0) is 11.5. The van der Waals surface area contributed by atoms with Crippen molar-refractivity contribution in [2.75, 3.05) is 7.11 Å². The average molecular weight is 342 g/mol. The van der Waals surface area contributed by atoms with E-state index in [1.807, 2.05) is 18.2 Å². The van der Waals surface area contributed by atoms with Crippen LogP contribution in [-0.2, 0) is 0 Å². The summed E-state index contributed by atoms with van der Waals surface area (Å²) in [6.45, 7) is 0. The highest BCUT2D eigenvalue weighted by atomic mass is 79.9. The summed E-state index contributed by atoms with van der Waals surface area (Å²) in [5, 5.41) is 0. The lowest BCUT2D eigenvalue weighted by Crippen LogP contribution is -1.87. The van der Waals surface area contributed by atoms with Crippen LogP contribution in [0.3, 0.4) is 0 Å². The summed E-state index contributed by atoms with van der Waals surface area (Å²) in [7, 11) is 1.66. The molecule has 3 heteroatoms. The Kier molecular flexibility index (Phi) is 3.66. The van der Waals surface area contributed by atoms with E-state index in [1.54, 1.807) is 7.11 Å². The van der Waals surface area contributed by atoms with E-state index in [0.29, 0.717) is 0 Å². The van der Waals surface area contributed by atoms with Crippen molar-refractivity contribution in [1.29, 1.82) is 0 Å². The Morgan fingerprint density at radius 1 is 0.875 bits per heavy atom. The molecule has 0 spiro atoms. The topological polar surface area (TPSA) is 9.23 Å². The van der Waals surface area contributed by atoms with Gasteiger partial charge in [0.2, 0.25) is 0 Å². The van der Waals surface area contributed by atoms with Gasteiger partial charge in [-0.25, -0.2) is 0 Å². The predicted molar refractivity (Wildman–Crippen MR) is 73.8 cm³/mol. The maximum absolute atomic E-state index is 5.27. The molecule has 0 aliphatic carbocycles. The Balaban J connectivity index is 2.53. The van der Waals surface area contributed by atoms with Crippen LogP contribution in [0.4, 0.5) is 0 Å². The third kappa shape index (κ3) is 2.30. The highest BCUT2D eigenvalue weighted by Crippen LogP contribution is 2.37. The molecule has 0 radical (unpaired) electrons. The van der Waals surface area contributed by atoms with Crippen LogP contribution >= 0.6 is 31.9 Å². The van der Waals surface area contributed by atoms with E-state index in [2.05, 4.69) is 56.1 Å². The third-order valence-corrected chi connectivity index (χ3v) is 3.49. The van der Waals surface area contributed by atoms with Crippen molar-refractivity contribution >= 4 is 31.9 Å². The molecule has 82 valence electrons. The van der Waals surface area contributed by atoms with Crippen LogP contribution in [-0.4, -0.2) is 7.11 Å². The fourth-order valence-electron chi connectivity index (χ4n) is 1.55. The summed E-state index contributed by atoms with van der Waals surface area (Å²) in [6.07, 6.45) is 0. The molecule has 2 aromatic rings. The molecule has 2 rings (SSSR count). The van der Waals surface area contributed by atoms with Crippen molar-refractivity contribution in [1.82, 2.24) is 0 Å². The number of rotatable bonds is 2. The molecule has 0 saturated carbocycles. The molecule has 0 amide bonds. The third-order valence-electron chi connectivity index (χ3n) is 2.31. The Morgan fingerprint density at radius 3 is 1.94 bits per heavy atom. The fourth-order valence-corrected chi connectivity index (χ4v) is 3.06. The van der Waals surface area contributed by atoms with Crippen LogP contribution in [0.2, 0.25) is 0 Å². The molecule has 0 heterocycles.